The van der Waals surface area contributed by atoms with Gasteiger partial charge in [-0.2, -0.15) is 0 Å². The summed E-state index contributed by atoms with van der Waals surface area (Å²) in [7, 11) is 0. The van der Waals surface area contributed by atoms with Gasteiger partial charge in [-0.1, -0.05) is 18.5 Å². The van der Waals surface area contributed by atoms with Crippen LogP contribution in [0.2, 0.25) is 5.02 Å². The Kier molecular flexibility index (Phi) is 4.47. The average molecular weight is 310 g/mol. The predicted molar refractivity (Wildman–Crippen MR) is 79.6 cm³/mol. The van der Waals surface area contributed by atoms with E-state index in [0.29, 0.717) is 16.4 Å². The third kappa shape index (κ3) is 3.72. The van der Waals surface area contributed by atoms with Gasteiger partial charge in [-0.15, -0.1) is 0 Å². The number of rotatable bonds is 3. The van der Waals surface area contributed by atoms with Crippen LogP contribution in [0, 0.1) is 5.92 Å². The van der Waals surface area contributed by atoms with Crippen molar-refractivity contribution in [1.29, 1.82) is 0 Å². The van der Waals surface area contributed by atoms with Gasteiger partial charge >= 0.3 is 0 Å². The normalized spacial score (nSPS) is 16.2. The number of nitrogens with one attached hydrogen (secondary N) is 1. The number of amides is 3. The molecule has 1 aromatic carbocycles. The zero-order valence-corrected chi connectivity index (χ0v) is 12.3. The monoisotopic (exact) mass is 309 g/mol. The molecular weight excluding hydrogens is 294 g/mol. The molecule has 0 aromatic heterocycles. The first-order valence-corrected chi connectivity index (χ1v) is 6.92. The van der Waals surface area contributed by atoms with Gasteiger partial charge in [-0.3, -0.25) is 19.3 Å². The summed E-state index contributed by atoms with van der Waals surface area (Å²) in [5.41, 5.74) is 6.44. The van der Waals surface area contributed by atoms with Crippen LogP contribution >= 0.6 is 11.6 Å². The summed E-state index contributed by atoms with van der Waals surface area (Å²) in [5, 5.41) is 2.98. The molecule has 1 saturated heterocycles. The number of carbonyl (C=O) groups excluding carboxylic acids is 3. The zero-order valence-electron chi connectivity index (χ0n) is 11.6. The SMILES string of the molecule is CC1CC(=O)N(CC(=O)Nc2ccc(Cl)c(N)c2)C(=O)C1. The van der Waals surface area contributed by atoms with Crippen LogP contribution in [0.5, 0.6) is 0 Å². The van der Waals surface area contributed by atoms with Crippen LogP contribution in [0.15, 0.2) is 18.2 Å². The van der Waals surface area contributed by atoms with Crippen LogP contribution in [0.25, 0.3) is 0 Å². The second-order valence-electron chi connectivity index (χ2n) is 5.17. The van der Waals surface area contributed by atoms with Gasteiger partial charge in [0.05, 0.1) is 10.7 Å². The van der Waals surface area contributed by atoms with Crippen molar-refractivity contribution in [3.63, 3.8) is 0 Å². The fourth-order valence-electron chi connectivity index (χ4n) is 2.17. The highest BCUT2D eigenvalue weighted by Gasteiger charge is 2.31. The Bertz CT molecular complexity index is 585. The smallest absolute Gasteiger partial charge is 0.244 e. The summed E-state index contributed by atoms with van der Waals surface area (Å²) in [4.78, 5) is 36.5. The highest BCUT2D eigenvalue weighted by Crippen LogP contribution is 2.22. The van der Waals surface area contributed by atoms with E-state index in [1.807, 2.05) is 6.92 Å². The third-order valence-electron chi connectivity index (χ3n) is 3.23. The number of hydrogen-bond donors (Lipinski definition) is 2. The van der Waals surface area contributed by atoms with Crippen molar-refractivity contribution >= 4 is 40.7 Å². The Hall–Kier alpha value is -2.08. The van der Waals surface area contributed by atoms with Crippen LogP contribution in [0.4, 0.5) is 11.4 Å². The molecule has 3 amide bonds. The summed E-state index contributed by atoms with van der Waals surface area (Å²) < 4.78 is 0. The van der Waals surface area contributed by atoms with Gasteiger partial charge in [-0.05, 0) is 24.1 Å². The van der Waals surface area contributed by atoms with Crippen LogP contribution in [-0.4, -0.2) is 29.2 Å². The molecule has 0 radical (unpaired) electrons. The molecule has 0 aliphatic carbocycles. The number of piperidine rings is 1. The Morgan fingerprint density at radius 3 is 2.57 bits per heavy atom. The van der Waals surface area contributed by atoms with Crippen molar-refractivity contribution in [1.82, 2.24) is 4.90 Å². The van der Waals surface area contributed by atoms with Gasteiger partial charge < -0.3 is 11.1 Å². The molecule has 0 spiro atoms. The molecule has 1 aromatic rings. The second kappa shape index (κ2) is 6.13. The summed E-state index contributed by atoms with van der Waals surface area (Å²) >= 11 is 5.79. The molecule has 112 valence electrons. The first-order chi connectivity index (χ1) is 9.86. The third-order valence-corrected chi connectivity index (χ3v) is 3.57. The van der Waals surface area contributed by atoms with Crippen molar-refractivity contribution in [2.75, 3.05) is 17.6 Å². The molecule has 0 saturated carbocycles. The standard InChI is InChI=1S/C14H16ClN3O3/c1-8-4-13(20)18(14(21)5-8)7-12(19)17-9-2-3-10(15)11(16)6-9/h2-3,6,8H,4-5,7,16H2,1H3,(H,17,19). The number of hydrogen-bond acceptors (Lipinski definition) is 4. The lowest BCUT2D eigenvalue weighted by Gasteiger charge is -2.27. The fraction of sp³-hybridized carbons (Fsp3) is 0.357. The molecule has 1 aliphatic rings. The summed E-state index contributed by atoms with van der Waals surface area (Å²) in [6.45, 7) is 1.55. The van der Waals surface area contributed by atoms with Gasteiger partial charge in [0.2, 0.25) is 17.7 Å². The number of benzene rings is 1. The lowest BCUT2D eigenvalue weighted by molar-refractivity contribution is -0.151. The zero-order chi connectivity index (χ0) is 15.6. The van der Waals surface area contributed by atoms with Crippen LogP contribution in [0.3, 0.4) is 0 Å². The molecule has 2 rings (SSSR count). The second-order valence-corrected chi connectivity index (χ2v) is 5.58. The maximum Gasteiger partial charge on any atom is 0.244 e. The van der Waals surface area contributed by atoms with E-state index in [9.17, 15) is 14.4 Å². The van der Waals surface area contributed by atoms with Crippen molar-refractivity contribution < 1.29 is 14.4 Å². The van der Waals surface area contributed by atoms with Crippen LogP contribution in [0.1, 0.15) is 19.8 Å². The molecule has 1 aliphatic heterocycles. The van der Waals surface area contributed by atoms with Gasteiger partial charge in [0.25, 0.3) is 0 Å². The first kappa shape index (κ1) is 15.3. The highest BCUT2D eigenvalue weighted by atomic mass is 35.5. The molecule has 1 heterocycles. The number of nitrogens with zero attached hydrogens (tertiary/aromatic N) is 1. The Morgan fingerprint density at radius 2 is 2.00 bits per heavy atom. The van der Waals surface area contributed by atoms with E-state index in [2.05, 4.69) is 5.32 Å². The summed E-state index contributed by atoms with van der Waals surface area (Å²) in [5.74, 6) is -1.05. The van der Waals surface area contributed by atoms with E-state index >= 15 is 0 Å². The predicted octanol–water partition coefficient (Wildman–Crippen LogP) is 1.65. The van der Waals surface area contributed by atoms with E-state index in [1.54, 1.807) is 12.1 Å². The largest absolute Gasteiger partial charge is 0.397 e. The van der Waals surface area contributed by atoms with E-state index in [-0.39, 0.29) is 37.1 Å². The van der Waals surface area contributed by atoms with Gasteiger partial charge in [0.15, 0.2) is 0 Å². The van der Waals surface area contributed by atoms with Gasteiger partial charge in [0.1, 0.15) is 6.54 Å². The minimum Gasteiger partial charge on any atom is -0.397 e. The van der Waals surface area contributed by atoms with Crippen molar-refractivity contribution in [2.45, 2.75) is 19.8 Å². The maximum atomic E-state index is 11.9. The van der Waals surface area contributed by atoms with Crippen molar-refractivity contribution in [3.05, 3.63) is 23.2 Å². The van der Waals surface area contributed by atoms with E-state index in [4.69, 9.17) is 17.3 Å². The number of nitrogens with two attached hydrogens (primary N) is 1. The number of anilines is 2. The summed E-state index contributed by atoms with van der Waals surface area (Å²) in [6.07, 6.45) is 0.569. The first-order valence-electron chi connectivity index (χ1n) is 6.55. The lowest BCUT2D eigenvalue weighted by Crippen LogP contribution is -2.46. The van der Waals surface area contributed by atoms with E-state index < -0.39 is 5.91 Å². The topological polar surface area (TPSA) is 92.5 Å². The Labute approximate surface area is 127 Å². The van der Waals surface area contributed by atoms with Crippen molar-refractivity contribution in [3.8, 4) is 0 Å². The molecule has 0 atom stereocenters. The Morgan fingerprint density at radius 1 is 1.38 bits per heavy atom. The molecule has 6 nitrogen and oxygen atoms in total. The molecule has 7 heteroatoms. The number of nitrogen functional groups attached to an aromatic ring is 1. The average Bonchev–Trinajstić information content (AvgIpc) is 2.38. The van der Waals surface area contributed by atoms with Crippen molar-refractivity contribution in [2.24, 2.45) is 5.92 Å². The fourth-order valence-corrected chi connectivity index (χ4v) is 2.29. The number of carbonyl (C=O) groups is 3. The molecule has 21 heavy (non-hydrogen) atoms. The Balaban J connectivity index is 1.99. The van der Waals surface area contributed by atoms with Crippen LogP contribution in [-0.2, 0) is 14.4 Å². The summed E-state index contributed by atoms with van der Waals surface area (Å²) in [6, 6.07) is 4.67. The number of halogens is 1. The quantitative estimate of drug-likeness (QED) is 0.656. The maximum absolute atomic E-state index is 11.9. The van der Waals surface area contributed by atoms with E-state index in [1.165, 1.54) is 6.07 Å². The molecule has 1 fully saturated rings. The molecule has 0 unspecified atom stereocenters. The van der Waals surface area contributed by atoms with Crippen LogP contribution < -0.4 is 11.1 Å². The number of imide groups is 1. The lowest BCUT2D eigenvalue weighted by atomic mass is 9.98. The van der Waals surface area contributed by atoms with Gasteiger partial charge in [-0.25, -0.2) is 0 Å². The molecule has 3 N–H and O–H groups in total. The minimum atomic E-state index is -0.451. The minimum absolute atomic E-state index is 0.0281. The molecule has 0 bridgehead atoms. The molecular formula is C14H16ClN3O3. The van der Waals surface area contributed by atoms with E-state index in [0.717, 1.165) is 4.90 Å². The van der Waals surface area contributed by atoms with Gasteiger partial charge in [0, 0.05) is 18.5 Å². The number of likely N-dealkylation sites (tertiary alicyclic amines) is 1. The highest BCUT2D eigenvalue weighted by molar-refractivity contribution is 6.33.